The van der Waals surface area contributed by atoms with Crippen molar-refractivity contribution in [2.75, 3.05) is 4.90 Å². The van der Waals surface area contributed by atoms with E-state index in [4.69, 9.17) is 4.42 Å². The quantitative estimate of drug-likeness (QED) is 0.191. The van der Waals surface area contributed by atoms with Crippen LogP contribution in [-0.4, -0.2) is 12.8 Å². The van der Waals surface area contributed by atoms with E-state index in [9.17, 15) is 0 Å². The standard InChI is InChI=1S/C60H70BNO/c1-36-30-43-52(40-24-22-38(56(2,3)4)32-42(40)37-18-14-13-15-19-37)53-41-20-16-17-21-51(41)63-55(53)61-48-34-46-47(60(11,12)29-28-59(46,9)10)35-49(48)62(50(31-36)54(43)61)39-23-25-44-45(33-39)58(7,8)27-26-57(44,5)6/h13-25,30-32,34,39-40,42,47,52H,26-29,33,35H2,1-12H3. The van der Waals surface area contributed by atoms with E-state index in [0.717, 1.165) is 18.4 Å². The van der Waals surface area contributed by atoms with Gasteiger partial charge in [-0.05, 0) is 135 Å². The van der Waals surface area contributed by atoms with E-state index in [1.54, 1.807) is 16.7 Å². The molecule has 7 aliphatic rings. The molecule has 1 aromatic heterocycles. The summed E-state index contributed by atoms with van der Waals surface area (Å²) in [6, 6.07) is 25.7. The zero-order chi connectivity index (χ0) is 44.2. The first kappa shape index (κ1) is 41.2. The van der Waals surface area contributed by atoms with Crippen molar-refractivity contribution in [2.45, 2.75) is 139 Å². The van der Waals surface area contributed by atoms with Crippen molar-refractivity contribution < 1.29 is 4.42 Å². The average Bonchev–Trinajstić information content (AvgIpc) is 3.62. The average molecular weight is 832 g/mol. The molecule has 0 radical (unpaired) electrons. The second-order valence-corrected chi connectivity index (χ2v) is 24.6. The number of fused-ring (bicyclic) bond motifs is 6. The molecule has 1 fully saturated rings. The van der Waals surface area contributed by atoms with Gasteiger partial charge in [-0.25, -0.2) is 0 Å². The lowest BCUT2D eigenvalue weighted by Gasteiger charge is -2.55. The summed E-state index contributed by atoms with van der Waals surface area (Å²) in [6.45, 7) is 29.7. The van der Waals surface area contributed by atoms with Crippen LogP contribution < -0.4 is 16.0 Å². The fourth-order valence-corrected chi connectivity index (χ4v) is 13.8. The van der Waals surface area contributed by atoms with Crippen LogP contribution in [0, 0.1) is 45.8 Å². The third-order valence-corrected chi connectivity index (χ3v) is 17.8. The summed E-state index contributed by atoms with van der Waals surface area (Å²) in [5, 5.41) is 1.28. The highest BCUT2D eigenvalue weighted by atomic mass is 16.3. The maximum Gasteiger partial charge on any atom is 0.292 e. The molecular weight excluding hydrogens is 761 g/mol. The fraction of sp³-hybridized carbons (Fsp3) is 0.467. The zero-order valence-electron chi connectivity index (χ0n) is 40.4. The fourth-order valence-electron chi connectivity index (χ4n) is 13.8. The van der Waals surface area contributed by atoms with Crippen LogP contribution in [0.1, 0.15) is 149 Å². The van der Waals surface area contributed by atoms with Crippen LogP contribution >= 0.6 is 0 Å². The molecular formula is C60H70BNO. The smallest absolute Gasteiger partial charge is 0.292 e. The molecule has 0 saturated heterocycles. The normalized spacial score (nSPS) is 28.5. The van der Waals surface area contributed by atoms with Crippen molar-refractivity contribution in [1.82, 2.24) is 0 Å². The van der Waals surface area contributed by atoms with Gasteiger partial charge in [0, 0.05) is 34.2 Å². The van der Waals surface area contributed by atoms with E-state index in [1.165, 1.54) is 86.9 Å². The molecule has 3 heteroatoms. The number of furan rings is 1. The topological polar surface area (TPSA) is 16.4 Å². The molecule has 0 N–H and O–H groups in total. The summed E-state index contributed by atoms with van der Waals surface area (Å²) in [7, 11) is 0. The first-order valence-electron chi connectivity index (χ1n) is 24.5. The van der Waals surface area contributed by atoms with Crippen LogP contribution in [0.3, 0.4) is 0 Å². The minimum atomic E-state index is 0.0330. The Morgan fingerprint density at radius 3 is 2.24 bits per heavy atom. The van der Waals surface area contributed by atoms with Crippen molar-refractivity contribution in [3.63, 3.8) is 0 Å². The molecule has 5 atom stereocenters. The van der Waals surface area contributed by atoms with E-state index in [-0.39, 0.29) is 57.6 Å². The molecule has 2 aliphatic heterocycles. The van der Waals surface area contributed by atoms with Gasteiger partial charge < -0.3 is 9.32 Å². The SMILES string of the molecule is Cc1cc2c3c(c1)N(C1C=CC4=C(C1)C(C)(C)CCC4(C)C)C1=C(C=C4C(C1)C(C)(C)CCC4(C)C)B3c1oc3ccccc3c1C2C1C=CC(C(C)(C)C)=CC1c1ccccc1. The third-order valence-electron chi connectivity index (χ3n) is 17.8. The molecule has 3 aromatic carbocycles. The molecule has 4 aromatic rings. The predicted molar refractivity (Wildman–Crippen MR) is 267 cm³/mol. The molecule has 63 heavy (non-hydrogen) atoms. The molecule has 11 rings (SSSR count). The van der Waals surface area contributed by atoms with E-state index < -0.39 is 0 Å². The van der Waals surface area contributed by atoms with Crippen molar-refractivity contribution in [3.8, 4) is 0 Å². The number of hydrogen-bond acceptors (Lipinski definition) is 2. The number of nitrogens with zero attached hydrogens (tertiary/aromatic N) is 1. The van der Waals surface area contributed by atoms with Crippen LogP contribution in [0.4, 0.5) is 5.69 Å². The molecule has 5 unspecified atom stereocenters. The number of benzene rings is 3. The molecule has 0 spiro atoms. The van der Waals surface area contributed by atoms with Gasteiger partial charge in [-0.3, -0.25) is 0 Å². The lowest BCUT2D eigenvalue weighted by atomic mass is 9.31. The van der Waals surface area contributed by atoms with Gasteiger partial charge in [-0.1, -0.05) is 178 Å². The highest BCUT2D eigenvalue weighted by Crippen LogP contribution is 2.60. The number of rotatable bonds is 3. The van der Waals surface area contributed by atoms with Gasteiger partial charge in [0.1, 0.15) is 5.58 Å². The van der Waals surface area contributed by atoms with Gasteiger partial charge in [0.15, 0.2) is 0 Å². The van der Waals surface area contributed by atoms with Gasteiger partial charge in [0.25, 0.3) is 6.71 Å². The highest BCUT2D eigenvalue weighted by molar-refractivity contribution is 6.93. The van der Waals surface area contributed by atoms with Crippen LogP contribution in [0.2, 0.25) is 0 Å². The number of anilines is 1. The summed E-state index contributed by atoms with van der Waals surface area (Å²) < 4.78 is 7.44. The van der Waals surface area contributed by atoms with Gasteiger partial charge in [-0.2, -0.15) is 0 Å². The molecule has 0 bridgehead atoms. The Balaban J connectivity index is 1.19. The third kappa shape index (κ3) is 6.24. The molecule has 2 nitrogen and oxygen atoms in total. The van der Waals surface area contributed by atoms with Crippen LogP contribution in [-0.2, 0) is 0 Å². The summed E-state index contributed by atoms with van der Waals surface area (Å²) in [4.78, 5) is 2.91. The second kappa shape index (κ2) is 13.8. The van der Waals surface area contributed by atoms with E-state index in [1.807, 2.05) is 0 Å². The molecule has 1 saturated carbocycles. The number of hydrogen-bond donors (Lipinski definition) is 0. The Bertz CT molecular complexity index is 2770. The number of para-hydroxylation sites is 1. The first-order chi connectivity index (χ1) is 29.7. The van der Waals surface area contributed by atoms with E-state index in [0.29, 0.717) is 5.92 Å². The minimum absolute atomic E-state index is 0.0330. The Hall–Kier alpha value is -4.50. The van der Waals surface area contributed by atoms with Crippen LogP contribution in [0.15, 0.2) is 141 Å². The Labute approximate surface area is 379 Å². The van der Waals surface area contributed by atoms with Crippen molar-refractivity contribution in [2.24, 2.45) is 38.9 Å². The zero-order valence-corrected chi connectivity index (χ0v) is 40.4. The number of allylic oxidation sites excluding steroid dienone is 10. The molecule has 3 heterocycles. The van der Waals surface area contributed by atoms with Crippen molar-refractivity contribution >= 4 is 34.5 Å². The Morgan fingerprint density at radius 2 is 1.48 bits per heavy atom. The van der Waals surface area contributed by atoms with Gasteiger partial charge in [-0.15, -0.1) is 0 Å². The van der Waals surface area contributed by atoms with E-state index in [2.05, 4.69) is 191 Å². The minimum Gasteiger partial charge on any atom is -0.470 e. The summed E-state index contributed by atoms with van der Waals surface area (Å²) >= 11 is 0. The highest BCUT2D eigenvalue weighted by Gasteiger charge is 2.55. The molecule has 5 aliphatic carbocycles. The predicted octanol–water partition coefficient (Wildman–Crippen LogP) is 14.6. The summed E-state index contributed by atoms with van der Waals surface area (Å²) in [5.41, 5.74) is 20.9. The Kier molecular flexibility index (Phi) is 9.01. The lowest BCUT2D eigenvalue weighted by Crippen LogP contribution is -2.59. The molecule has 0 amide bonds. The molecule has 324 valence electrons. The lowest BCUT2D eigenvalue weighted by molar-refractivity contribution is 0.120. The van der Waals surface area contributed by atoms with Crippen LogP contribution in [0.5, 0.6) is 0 Å². The largest absolute Gasteiger partial charge is 0.470 e. The van der Waals surface area contributed by atoms with Crippen molar-refractivity contribution in [1.29, 1.82) is 0 Å². The second-order valence-electron chi connectivity index (χ2n) is 24.6. The van der Waals surface area contributed by atoms with Gasteiger partial charge in [0.05, 0.1) is 11.7 Å². The van der Waals surface area contributed by atoms with Gasteiger partial charge in [0.2, 0.25) is 0 Å². The summed E-state index contributed by atoms with van der Waals surface area (Å²) in [5.74, 6) is 1.02. The monoisotopic (exact) mass is 832 g/mol. The maximum atomic E-state index is 7.44. The first-order valence-corrected chi connectivity index (χ1v) is 24.5. The summed E-state index contributed by atoms with van der Waals surface area (Å²) in [6.07, 6.45) is 22.8. The van der Waals surface area contributed by atoms with Crippen LogP contribution in [0.25, 0.3) is 11.0 Å². The van der Waals surface area contributed by atoms with Gasteiger partial charge >= 0.3 is 0 Å². The maximum absolute atomic E-state index is 7.44. The van der Waals surface area contributed by atoms with Crippen molar-refractivity contribution in [3.05, 3.63) is 159 Å². The van der Waals surface area contributed by atoms with E-state index >= 15 is 0 Å². The Morgan fingerprint density at radius 1 is 0.762 bits per heavy atom. The number of aryl methyl sites for hydroxylation is 1.